The van der Waals surface area contributed by atoms with Gasteiger partial charge in [0.25, 0.3) is 0 Å². The van der Waals surface area contributed by atoms with Crippen molar-refractivity contribution in [2.45, 2.75) is 70.9 Å². The number of aromatic nitrogens is 7. The number of nitrogens with one attached hydrogen (secondary N) is 1. The molecule has 0 bridgehead atoms. The molecule has 36 heavy (non-hydrogen) atoms. The number of Topliss-reactive ketones (excluding diaryl/α,β-unsaturated/α-hetero) is 1. The predicted octanol–water partition coefficient (Wildman–Crippen LogP) is 4.36. The summed E-state index contributed by atoms with van der Waals surface area (Å²) in [6.07, 6.45) is 12.6. The van der Waals surface area contributed by atoms with Gasteiger partial charge < -0.3 is 0 Å². The molecule has 1 unspecified atom stereocenters. The Morgan fingerprint density at radius 2 is 1.89 bits per heavy atom. The highest BCUT2D eigenvalue weighted by Crippen LogP contribution is 2.27. The molecule has 1 fully saturated rings. The number of tetrazole rings is 1. The summed E-state index contributed by atoms with van der Waals surface area (Å²) in [7, 11) is 0. The van der Waals surface area contributed by atoms with E-state index in [-0.39, 0.29) is 17.5 Å². The number of benzene rings is 1. The lowest BCUT2D eigenvalue weighted by molar-refractivity contribution is -0.122. The molecule has 3 aromatic heterocycles. The number of aryl methyl sites for hydroxylation is 1. The number of hydrogen-bond acceptors (Lipinski definition) is 6. The van der Waals surface area contributed by atoms with Crippen molar-refractivity contribution in [1.82, 2.24) is 34.7 Å². The first-order chi connectivity index (χ1) is 17.7. The molecule has 0 spiro atoms. The number of carbonyl (C=O) groups is 1. The molecule has 1 aliphatic rings. The van der Waals surface area contributed by atoms with Crippen molar-refractivity contribution in [1.29, 1.82) is 0 Å². The molecule has 4 aromatic rings. The van der Waals surface area contributed by atoms with Gasteiger partial charge in [-0.15, -0.1) is 10.2 Å². The first kappa shape index (κ1) is 23.8. The van der Waals surface area contributed by atoms with Crippen LogP contribution in [0.4, 0.5) is 0 Å². The summed E-state index contributed by atoms with van der Waals surface area (Å²) in [5.41, 5.74) is 4.71. The molecule has 5 rings (SSSR count). The lowest BCUT2D eigenvalue weighted by atomic mass is 10.00. The molecule has 9 nitrogen and oxygen atoms in total. The fourth-order valence-electron chi connectivity index (χ4n) is 5.02. The smallest absolute Gasteiger partial charge is 0.297 e. The monoisotopic (exact) mass is 485 g/mol. The average molecular weight is 486 g/mol. The van der Waals surface area contributed by atoms with E-state index >= 15 is 0 Å². The Hall–Kier alpha value is -3.88. The summed E-state index contributed by atoms with van der Waals surface area (Å²) in [6, 6.07) is 9.56. The minimum atomic E-state index is -0.354. The topological polar surface area (TPSA) is 111 Å². The third kappa shape index (κ3) is 4.91. The number of unbranched alkanes of at least 4 members (excludes halogenated alkanes) is 1. The van der Waals surface area contributed by atoms with E-state index < -0.39 is 0 Å². The molecule has 1 aromatic carbocycles. The van der Waals surface area contributed by atoms with E-state index in [9.17, 15) is 9.59 Å². The van der Waals surface area contributed by atoms with Crippen LogP contribution in [0, 0.1) is 0 Å². The van der Waals surface area contributed by atoms with Gasteiger partial charge in [-0.25, -0.2) is 4.79 Å². The second-order valence-corrected chi connectivity index (χ2v) is 9.43. The molecule has 1 aliphatic carbocycles. The number of aromatic amines is 1. The Morgan fingerprint density at radius 1 is 1.06 bits per heavy atom. The van der Waals surface area contributed by atoms with Crippen LogP contribution in [0.15, 0.2) is 53.7 Å². The van der Waals surface area contributed by atoms with Crippen LogP contribution in [-0.2, 0) is 17.8 Å². The highest BCUT2D eigenvalue weighted by Gasteiger charge is 2.26. The standard InChI is InChI=1S/C27H31N7O2/c1-2-3-7-22-18-34(24-8-5-4-6-9-25(24)35)27(36)33(22)17-21-16-28-15-14-23(21)19-10-12-20(13-11-19)26-29-31-32-30-26/h10-16,18,24H,2-9,17H2,1H3,(H,29,30,31,32). The van der Waals surface area contributed by atoms with Crippen molar-refractivity contribution in [2.24, 2.45) is 0 Å². The Balaban J connectivity index is 1.49. The molecule has 0 radical (unpaired) electrons. The van der Waals surface area contributed by atoms with E-state index in [0.29, 0.717) is 18.8 Å². The third-order valence-electron chi connectivity index (χ3n) is 7.01. The molecule has 1 N–H and O–H groups in total. The first-order valence-corrected chi connectivity index (χ1v) is 12.8. The maximum absolute atomic E-state index is 13.7. The van der Waals surface area contributed by atoms with E-state index in [1.807, 2.05) is 47.3 Å². The third-order valence-corrected chi connectivity index (χ3v) is 7.01. The minimum absolute atomic E-state index is 0.108. The van der Waals surface area contributed by atoms with Crippen LogP contribution in [0.2, 0.25) is 0 Å². The zero-order chi connectivity index (χ0) is 24.9. The summed E-state index contributed by atoms with van der Waals surface area (Å²) in [6.45, 7) is 2.55. The first-order valence-electron chi connectivity index (χ1n) is 12.8. The minimum Gasteiger partial charge on any atom is -0.297 e. The highest BCUT2D eigenvalue weighted by molar-refractivity contribution is 5.82. The summed E-state index contributed by atoms with van der Waals surface area (Å²) >= 11 is 0. The van der Waals surface area contributed by atoms with Crippen LogP contribution < -0.4 is 5.69 Å². The van der Waals surface area contributed by atoms with Crippen LogP contribution in [0.1, 0.15) is 69.2 Å². The lowest BCUT2D eigenvalue weighted by Gasteiger charge is -2.14. The van der Waals surface area contributed by atoms with Crippen molar-refractivity contribution >= 4 is 5.78 Å². The second-order valence-electron chi connectivity index (χ2n) is 9.43. The van der Waals surface area contributed by atoms with E-state index in [2.05, 4.69) is 32.5 Å². The number of hydrogen-bond donors (Lipinski definition) is 1. The van der Waals surface area contributed by atoms with Crippen molar-refractivity contribution in [3.63, 3.8) is 0 Å². The molecule has 186 valence electrons. The fraction of sp³-hybridized carbons (Fsp3) is 0.407. The number of imidazole rings is 1. The zero-order valence-corrected chi connectivity index (χ0v) is 20.6. The molecular weight excluding hydrogens is 454 g/mol. The Kier molecular flexibility index (Phi) is 7.16. The van der Waals surface area contributed by atoms with Crippen LogP contribution in [0.25, 0.3) is 22.5 Å². The van der Waals surface area contributed by atoms with Gasteiger partial charge in [0, 0.05) is 36.3 Å². The SMILES string of the molecule is CCCCc1cn(C2CCCCCC2=O)c(=O)n1Cc1cnccc1-c1ccc(-c2nn[nH]n2)cc1. The van der Waals surface area contributed by atoms with Crippen LogP contribution in [0.5, 0.6) is 0 Å². The van der Waals surface area contributed by atoms with Crippen molar-refractivity contribution in [3.05, 3.63) is 70.7 Å². The van der Waals surface area contributed by atoms with E-state index in [1.165, 1.54) is 0 Å². The van der Waals surface area contributed by atoms with Gasteiger partial charge in [0.05, 0.1) is 12.6 Å². The van der Waals surface area contributed by atoms with Gasteiger partial charge in [-0.1, -0.05) is 50.5 Å². The molecule has 1 saturated carbocycles. The second kappa shape index (κ2) is 10.8. The summed E-state index contributed by atoms with van der Waals surface area (Å²) < 4.78 is 3.54. The van der Waals surface area contributed by atoms with Crippen LogP contribution in [-0.4, -0.2) is 40.5 Å². The number of ketones is 1. The fourth-order valence-corrected chi connectivity index (χ4v) is 5.02. The van der Waals surface area contributed by atoms with E-state index in [1.54, 1.807) is 10.8 Å². The molecule has 3 heterocycles. The van der Waals surface area contributed by atoms with Gasteiger partial charge in [-0.05, 0) is 53.7 Å². The van der Waals surface area contributed by atoms with E-state index in [0.717, 1.165) is 72.9 Å². The lowest BCUT2D eigenvalue weighted by Crippen LogP contribution is -2.31. The molecule has 0 amide bonds. The molecule has 9 heteroatoms. The van der Waals surface area contributed by atoms with Gasteiger partial charge >= 0.3 is 5.69 Å². The van der Waals surface area contributed by atoms with Crippen molar-refractivity contribution < 1.29 is 4.79 Å². The summed E-state index contributed by atoms with van der Waals surface area (Å²) in [5.74, 6) is 0.718. The van der Waals surface area contributed by atoms with Gasteiger partial charge in [-0.3, -0.25) is 18.9 Å². The van der Waals surface area contributed by atoms with Crippen molar-refractivity contribution in [2.75, 3.05) is 0 Å². The number of rotatable bonds is 8. The van der Waals surface area contributed by atoms with Gasteiger partial charge in [-0.2, -0.15) is 5.21 Å². The maximum Gasteiger partial charge on any atom is 0.329 e. The largest absolute Gasteiger partial charge is 0.329 e. The summed E-state index contributed by atoms with van der Waals surface area (Å²) in [5, 5.41) is 14.2. The van der Waals surface area contributed by atoms with Gasteiger partial charge in [0.15, 0.2) is 5.78 Å². The Labute approximate surface area is 209 Å². The number of carbonyl (C=O) groups excluding carboxylic acids is 1. The van der Waals surface area contributed by atoms with E-state index in [4.69, 9.17) is 0 Å². The average Bonchev–Trinajstić information content (AvgIpc) is 3.49. The Bertz CT molecular complexity index is 1370. The molecule has 0 saturated heterocycles. The zero-order valence-electron chi connectivity index (χ0n) is 20.6. The number of nitrogens with zero attached hydrogens (tertiary/aromatic N) is 6. The molecule has 0 aliphatic heterocycles. The Morgan fingerprint density at radius 3 is 2.67 bits per heavy atom. The van der Waals surface area contributed by atoms with Crippen molar-refractivity contribution in [3.8, 4) is 22.5 Å². The maximum atomic E-state index is 13.7. The molecular formula is C27H31N7O2. The number of H-pyrrole nitrogens is 1. The highest BCUT2D eigenvalue weighted by atomic mass is 16.2. The van der Waals surface area contributed by atoms with Gasteiger partial charge in [0.1, 0.15) is 0 Å². The van der Waals surface area contributed by atoms with Gasteiger partial charge in [0.2, 0.25) is 5.82 Å². The number of pyridine rings is 1. The summed E-state index contributed by atoms with van der Waals surface area (Å²) in [4.78, 5) is 30.8. The predicted molar refractivity (Wildman–Crippen MR) is 136 cm³/mol. The normalized spacial score (nSPS) is 16.2. The van der Waals surface area contributed by atoms with Crippen LogP contribution >= 0.6 is 0 Å². The molecule has 1 atom stereocenters. The quantitative estimate of drug-likeness (QED) is 0.371. The van der Waals surface area contributed by atoms with Crippen LogP contribution in [0.3, 0.4) is 0 Å².